The molecule has 2 aliphatic rings. The molecule has 16 nitrogen and oxygen atoms in total. The summed E-state index contributed by atoms with van der Waals surface area (Å²) in [5.41, 5.74) is 7.39. The van der Waals surface area contributed by atoms with Gasteiger partial charge >= 0.3 is 11.8 Å². The molecule has 4 amide bonds. The molecule has 8 rings (SSSR count). The highest BCUT2D eigenvalue weighted by molar-refractivity contribution is 6.14. The average molecular weight is 827 g/mol. The summed E-state index contributed by atoms with van der Waals surface area (Å²) in [4.78, 5) is 69.6. The van der Waals surface area contributed by atoms with Gasteiger partial charge in [0.2, 0.25) is 17.7 Å². The first kappa shape index (κ1) is 41.1. The van der Waals surface area contributed by atoms with E-state index in [1.807, 2.05) is 90.9 Å². The number of piperidine rings is 1. The number of anilines is 2. The number of aromatic amines is 1. The quantitative estimate of drug-likeness (QED) is 0.0722. The lowest BCUT2D eigenvalue weighted by Gasteiger charge is -2.31. The van der Waals surface area contributed by atoms with E-state index >= 15 is 0 Å². The number of imide groups is 1. The van der Waals surface area contributed by atoms with Gasteiger partial charge < -0.3 is 30.2 Å². The molecule has 1 fully saturated rings. The van der Waals surface area contributed by atoms with Crippen LogP contribution in [-0.2, 0) is 31.8 Å². The van der Waals surface area contributed by atoms with E-state index in [1.165, 1.54) is 0 Å². The summed E-state index contributed by atoms with van der Waals surface area (Å²) in [6, 6.07) is 14.9. The fourth-order valence-corrected chi connectivity index (χ4v) is 8.23. The molecule has 61 heavy (non-hydrogen) atoms. The molecule has 2 aliphatic heterocycles. The van der Waals surface area contributed by atoms with Crippen LogP contribution < -0.4 is 30.9 Å². The standard InChI is InChI=1S/C45H50N10O6/c1-23-17-26(10-11-27(23)24(2)50-40(58)41-53-42(54-61-41)44(3,4)5)37-36-28-19-34(60-8)31(20-30(28)51-38(36)49-22-48-37)47-16-15-46-21-25-9-12-32-29(18-25)45(6,7)43(59)55(32)33-13-14-35(56)52-39(33)57/h9-12,17-20,22,24,33,46-47H,13-16,21H2,1-8H3,(H,50,58)(H,48,49,51)(H,52,56,57)/t24-,33?/m1/s1. The number of aryl methyl sites for hydroxylation is 1. The minimum atomic E-state index is -0.809. The van der Waals surface area contributed by atoms with Gasteiger partial charge in [0.05, 0.1) is 40.9 Å². The monoisotopic (exact) mass is 826 g/mol. The maximum Gasteiger partial charge on any atom is 0.315 e. The normalized spacial score (nSPS) is 16.8. The Labute approximate surface area is 352 Å². The first-order valence-electron chi connectivity index (χ1n) is 20.4. The van der Waals surface area contributed by atoms with Gasteiger partial charge in [-0.15, -0.1) is 0 Å². The Bertz CT molecular complexity index is 2730. The van der Waals surface area contributed by atoms with Gasteiger partial charge in [0, 0.05) is 48.1 Å². The fraction of sp³-hybridized carbons (Fsp3) is 0.378. The van der Waals surface area contributed by atoms with E-state index in [-0.39, 0.29) is 35.6 Å². The number of methoxy groups -OCH3 is 1. The molecule has 1 saturated heterocycles. The summed E-state index contributed by atoms with van der Waals surface area (Å²) in [5, 5.41) is 18.1. The van der Waals surface area contributed by atoms with Crippen molar-refractivity contribution >= 4 is 56.9 Å². The molecule has 0 spiro atoms. The summed E-state index contributed by atoms with van der Waals surface area (Å²) >= 11 is 0. The number of hydrogen-bond donors (Lipinski definition) is 5. The number of hydrogen-bond acceptors (Lipinski definition) is 12. The zero-order valence-corrected chi connectivity index (χ0v) is 35.6. The fourth-order valence-electron chi connectivity index (χ4n) is 8.23. The summed E-state index contributed by atoms with van der Waals surface area (Å²) in [7, 11) is 1.64. The minimum Gasteiger partial charge on any atom is -0.495 e. The zero-order valence-electron chi connectivity index (χ0n) is 35.6. The van der Waals surface area contributed by atoms with E-state index < -0.39 is 23.3 Å². The maximum atomic E-state index is 13.5. The Morgan fingerprint density at radius 3 is 2.59 bits per heavy atom. The predicted octanol–water partition coefficient (Wildman–Crippen LogP) is 5.90. The largest absolute Gasteiger partial charge is 0.495 e. The molecule has 3 aromatic carbocycles. The van der Waals surface area contributed by atoms with Crippen LogP contribution in [0, 0.1) is 6.92 Å². The molecule has 16 heteroatoms. The van der Waals surface area contributed by atoms with Gasteiger partial charge in [0.1, 0.15) is 23.8 Å². The number of amides is 4. The highest BCUT2D eigenvalue weighted by Crippen LogP contribution is 2.44. The molecule has 0 bridgehead atoms. The van der Waals surface area contributed by atoms with E-state index in [1.54, 1.807) is 18.3 Å². The zero-order chi connectivity index (χ0) is 43.4. The number of aromatic nitrogens is 5. The number of benzene rings is 3. The van der Waals surface area contributed by atoms with E-state index in [2.05, 4.69) is 47.4 Å². The van der Waals surface area contributed by atoms with Crippen LogP contribution in [0.3, 0.4) is 0 Å². The second-order valence-electron chi connectivity index (χ2n) is 17.3. The van der Waals surface area contributed by atoms with Crippen LogP contribution in [0.15, 0.2) is 59.4 Å². The van der Waals surface area contributed by atoms with Gasteiger partial charge in [-0.3, -0.25) is 29.4 Å². The van der Waals surface area contributed by atoms with Crippen LogP contribution in [0.2, 0.25) is 0 Å². The van der Waals surface area contributed by atoms with Crippen LogP contribution in [0.4, 0.5) is 11.4 Å². The van der Waals surface area contributed by atoms with Gasteiger partial charge in [-0.2, -0.15) is 4.98 Å². The molecule has 316 valence electrons. The van der Waals surface area contributed by atoms with Crippen molar-refractivity contribution in [1.82, 2.24) is 41.0 Å². The first-order valence-corrected chi connectivity index (χ1v) is 20.4. The Kier molecular flexibility index (Phi) is 10.6. The molecule has 0 radical (unpaired) electrons. The molecule has 6 aromatic rings. The van der Waals surface area contributed by atoms with Gasteiger partial charge in [-0.05, 0) is 80.6 Å². The molecular formula is C45H50N10O6. The van der Waals surface area contributed by atoms with Crippen LogP contribution in [-0.4, -0.2) is 75.0 Å². The van der Waals surface area contributed by atoms with Crippen molar-refractivity contribution in [1.29, 1.82) is 0 Å². The van der Waals surface area contributed by atoms with Gasteiger partial charge in [0.25, 0.3) is 0 Å². The molecule has 0 aliphatic carbocycles. The molecule has 0 saturated carbocycles. The number of ether oxygens (including phenoxy) is 1. The summed E-state index contributed by atoms with van der Waals surface area (Å²) < 4.78 is 11.1. The highest BCUT2D eigenvalue weighted by Gasteiger charge is 2.49. The van der Waals surface area contributed by atoms with Crippen LogP contribution >= 0.6 is 0 Å². The average Bonchev–Trinajstić information content (AvgIpc) is 3.91. The van der Waals surface area contributed by atoms with Crippen LogP contribution in [0.25, 0.3) is 33.2 Å². The molecule has 1 unspecified atom stereocenters. The van der Waals surface area contributed by atoms with Crippen molar-refractivity contribution in [2.24, 2.45) is 0 Å². The SMILES string of the molecule is COc1cc2c(cc1NCCNCc1ccc3c(c1)C(C)(C)C(=O)N3C1CCC(=O)NC1=O)[nH]c1ncnc(-c3ccc([C@@H](C)NC(=O)c4nc(C(C)(C)C)no4)c(C)c3)c12. The highest BCUT2D eigenvalue weighted by atomic mass is 16.5. The van der Waals surface area contributed by atoms with Crippen molar-refractivity contribution in [3.8, 4) is 17.0 Å². The van der Waals surface area contributed by atoms with E-state index in [4.69, 9.17) is 14.2 Å². The predicted molar refractivity (Wildman–Crippen MR) is 230 cm³/mol. The number of fused-ring (bicyclic) bond motifs is 4. The van der Waals surface area contributed by atoms with Gasteiger partial charge in [-0.25, -0.2) is 9.97 Å². The first-order chi connectivity index (χ1) is 29.0. The van der Waals surface area contributed by atoms with E-state index in [0.29, 0.717) is 49.0 Å². The Balaban J connectivity index is 0.935. The molecule has 5 heterocycles. The van der Waals surface area contributed by atoms with Gasteiger partial charge in [-0.1, -0.05) is 50.2 Å². The molecular weight excluding hydrogens is 777 g/mol. The number of H-pyrrole nitrogens is 1. The van der Waals surface area contributed by atoms with Crippen molar-refractivity contribution in [3.05, 3.63) is 88.8 Å². The molecule has 2 atom stereocenters. The number of carbonyl (C=O) groups excluding carboxylic acids is 4. The summed E-state index contributed by atoms with van der Waals surface area (Å²) in [5.74, 6) is -0.262. The Morgan fingerprint density at radius 1 is 1.07 bits per heavy atom. The van der Waals surface area contributed by atoms with Crippen molar-refractivity contribution in [2.75, 3.05) is 30.4 Å². The smallest absolute Gasteiger partial charge is 0.315 e. The Hall–Kier alpha value is -6.68. The lowest BCUT2D eigenvalue weighted by atomic mass is 9.85. The van der Waals surface area contributed by atoms with Crippen LogP contribution in [0.1, 0.15) is 99.2 Å². The molecule has 3 aromatic heterocycles. The number of nitrogens with zero attached hydrogens (tertiary/aromatic N) is 5. The summed E-state index contributed by atoms with van der Waals surface area (Å²) in [6.45, 7) is 15.3. The van der Waals surface area contributed by atoms with Crippen molar-refractivity contribution < 1.29 is 28.4 Å². The van der Waals surface area contributed by atoms with Crippen molar-refractivity contribution in [3.63, 3.8) is 0 Å². The van der Waals surface area contributed by atoms with E-state index in [9.17, 15) is 19.2 Å². The number of carbonyl (C=O) groups is 4. The number of nitrogens with one attached hydrogen (secondary N) is 5. The third kappa shape index (κ3) is 7.67. The van der Waals surface area contributed by atoms with Gasteiger partial charge in [0.15, 0.2) is 5.82 Å². The summed E-state index contributed by atoms with van der Waals surface area (Å²) in [6.07, 6.45) is 2.05. The molecule has 5 N–H and O–H groups in total. The second-order valence-corrected chi connectivity index (χ2v) is 17.3. The Morgan fingerprint density at radius 2 is 1.87 bits per heavy atom. The second kappa shape index (κ2) is 15.7. The van der Waals surface area contributed by atoms with Crippen molar-refractivity contribution in [2.45, 2.75) is 90.8 Å². The third-order valence-corrected chi connectivity index (χ3v) is 11.6. The minimum absolute atomic E-state index is 0.0708. The lowest BCUT2D eigenvalue weighted by molar-refractivity contribution is -0.136. The maximum absolute atomic E-state index is 13.5. The lowest BCUT2D eigenvalue weighted by Crippen LogP contribution is -2.55. The topological polar surface area (TPSA) is 209 Å². The van der Waals surface area contributed by atoms with E-state index in [0.717, 1.165) is 55.5 Å². The third-order valence-electron chi connectivity index (χ3n) is 11.6. The number of rotatable bonds is 12. The van der Waals surface area contributed by atoms with Crippen LogP contribution in [0.5, 0.6) is 5.75 Å².